The fourth-order valence-electron chi connectivity index (χ4n) is 1.62. The van der Waals surface area contributed by atoms with Crippen molar-refractivity contribution < 1.29 is 14.2 Å². The van der Waals surface area contributed by atoms with Crippen LogP contribution in [0.15, 0.2) is 0 Å². The fraction of sp³-hybridized carbons (Fsp3) is 1.00. The van der Waals surface area contributed by atoms with E-state index in [1.54, 1.807) is 0 Å². The number of hydrogen-bond donors (Lipinski definition) is 2. The van der Waals surface area contributed by atoms with Crippen LogP contribution in [-0.2, 0) is 9.30 Å². The van der Waals surface area contributed by atoms with Crippen LogP contribution in [0, 0.1) is 0 Å². The van der Waals surface area contributed by atoms with E-state index in [4.69, 9.17) is 9.63 Å². The smallest absolute Gasteiger partial charge is 0.373 e. The summed E-state index contributed by atoms with van der Waals surface area (Å²) in [4.78, 5) is 8.65. The third kappa shape index (κ3) is 2.49. The van der Waals surface area contributed by atoms with Crippen LogP contribution in [-0.4, -0.2) is 23.1 Å². The standard InChI is InChI=1S/C7H14NO3P/c1-3-7-6(8-12(9)10)4-5(2)11-7/h5-7H,3-4H2,1-2H3,(H-,8,9,10)/p+1/t5-,6-,7+/m0/s1. The Hall–Kier alpha value is -0.0200. The van der Waals surface area contributed by atoms with E-state index in [0.29, 0.717) is 0 Å². The molecule has 1 rings (SSSR count). The SMILES string of the molecule is CC[C@H]1O[C@@H](C)C[C@@H]1N[P+](=O)O. The van der Waals surface area contributed by atoms with Crippen LogP contribution in [0.4, 0.5) is 0 Å². The molecule has 4 atom stereocenters. The Morgan fingerprint density at radius 2 is 2.42 bits per heavy atom. The largest absolute Gasteiger partial charge is 0.610 e. The van der Waals surface area contributed by atoms with Crippen LogP contribution in [0.3, 0.4) is 0 Å². The topological polar surface area (TPSA) is 58.6 Å². The highest BCUT2D eigenvalue weighted by Crippen LogP contribution is 2.25. The predicted octanol–water partition coefficient (Wildman–Crippen LogP) is 1.18. The molecule has 4 nitrogen and oxygen atoms in total. The van der Waals surface area contributed by atoms with Crippen molar-refractivity contribution in [2.24, 2.45) is 0 Å². The van der Waals surface area contributed by atoms with E-state index >= 15 is 0 Å². The molecule has 1 saturated heterocycles. The molecule has 5 heteroatoms. The van der Waals surface area contributed by atoms with Crippen molar-refractivity contribution in [2.45, 2.75) is 44.9 Å². The van der Waals surface area contributed by atoms with E-state index in [0.717, 1.165) is 12.8 Å². The minimum Gasteiger partial charge on any atom is -0.373 e. The van der Waals surface area contributed by atoms with Gasteiger partial charge in [-0.05, 0) is 24.3 Å². The molecular weight excluding hydrogens is 177 g/mol. The molecule has 2 N–H and O–H groups in total. The lowest BCUT2D eigenvalue weighted by Crippen LogP contribution is -2.31. The summed E-state index contributed by atoms with van der Waals surface area (Å²) in [5.41, 5.74) is 0. The van der Waals surface area contributed by atoms with Crippen molar-refractivity contribution in [2.75, 3.05) is 0 Å². The number of ether oxygens (including phenoxy) is 1. The molecule has 0 radical (unpaired) electrons. The van der Waals surface area contributed by atoms with Crippen molar-refractivity contribution in [3.63, 3.8) is 0 Å². The molecule has 0 aromatic rings. The number of nitrogens with one attached hydrogen (secondary N) is 1. The Labute approximate surface area is 73.2 Å². The molecule has 1 unspecified atom stereocenters. The van der Waals surface area contributed by atoms with Gasteiger partial charge in [0.15, 0.2) is 0 Å². The molecule has 12 heavy (non-hydrogen) atoms. The van der Waals surface area contributed by atoms with E-state index in [2.05, 4.69) is 5.09 Å². The second-order valence-electron chi connectivity index (χ2n) is 3.14. The van der Waals surface area contributed by atoms with Gasteiger partial charge < -0.3 is 4.74 Å². The van der Waals surface area contributed by atoms with E-state index in [1.165, 1.54) is 0 Å². The lowest BCUT2D eigenvalue weighted by molar-refractivity contribution is 0.0485. The predicted molar refractivity (Wildman–Crippen MR) is 46.0 cm³/mol. The molecule has 1 aliphatic rings. The molecule has 70 valence electrons. The van der Waals surface area contributed by atoms with Crippen molar-refractivity contribution in [1.29, 1.82) is 0 Å². The van der Waals surface area contributed by atoms with Crippen molar-refractivity contribution >= 4 is 8.18 Å². The van der Waals surface area contributed by atoms with Gasteiger partial charge in [-0.3, -0.25) is 0 Å². The first-order valence-electron chi connectivity index (χ1n) is 4.21. The Morgan fingerprint density at radius 3 is 2.92 bits per heavy atom. The highest BCUT2D eigenvalue weighted by Gasteiger charge is 2.36. The van der Waals surface area contributed by atoms with Gasteiger partial charge in [-0.1, -0.05) is 12.0 Å². The van der Waals surface area contributed by atoms with Crippen LogP contribution >= 0.6 is 8.18 Å². The minimum atomic E-state index is -2.24. The first-order chi connectivity index (χ1) is 5.63. The molecule has 0 aromatic carbocycles. The van der Waals surface area contributed by atoms with Crippen LogP contribution in [0.25, 0.3) is 0 Å². The lowest BCUT2D eigenvalue weighted by atomic mass is 10.1. The summed E-state index contributed by atoms with van der Waals surface area (Å²) in [5.74, 6) is 0. The first-order valence-corrected chi connectivity index (χ1v) is 5.42. The van der Waals surface area contributed by atoms with Crippen molar-refractivity contribution in [3.05, 3.63) is 0 Å². The molecule has 0 spiro atoms. The summed E-state index contributed by atoms with van der Waals surface area (Å²) in [6, 6.07) is 0.0404. The molecule has 0 aromatic heterocycles. The molecule has 0 bridgehead atoms. The first kappa shape index (κ1) is 10.1. The van der Waals surface area contributed by atoms with E-state index in [-0.39, 0.29) is 18.2 Å². The van der Waals surface area contributed by atoms with Crippen LogP contribution < -0.4 is 5.09 Å². The van der Waals surface area contributed by atoms with Gasteiger partial charge in [-0.15, -0.1) is 4.89 Å². The fourth-order valence-corrected chi connectivity index (χ4v) is 2.17. The van der Waals surface area contributed by atoms with Gasteiger partial charge in [0.2, 0.25) is 0 Å². The van der Waals surface area contributed by atoms with Crippen molar-refractivity contribution in [1.82, 2.24) is 5.09 Å². The number of hydrogen-bond acceptors (Lipinski definition) is 2. The minimum absolute atomic E-state index is 0.0404. The molecule has 1 aliphatic heterocycles. The molecule has 0 saturated carbocycles. The van der Waals surface area contributed by atoms with E-state index in [1.807, 2.05) is 13.8 Å². The normalized spacial score (nSPS) is 36.9. The van der Waals surface area contributed by atoms with Gasteiger partial charge in [0, 0.05) is 0 Å². The zero-order valence-electron chi connectivity index (χ0n) is 7.36. The summed E-state index contributed by atoms with van der Waals surface area (Å²) >= 11 is 0. The summed E-state index contributed by atoms with van der Waals surface area (Å²) in [7, 11) is -2.24. The maximum Gasteiger partial charge on any atom is 0.610 e. The highest BCUT2D eigenvalue weighted by atomic mass is 31.1. The summed E-state index contributed by atoms with van der Waals surface area (Å²) < 4.78 is 16.0. The van der Waals surface area contributed by atoms with Gasteiger partial charge in [0.1, 0.15) is 0 Å². The Bertz CT molecular complexity index is 176. The molecule has 0 aliphatic carbocycles. The van der Waals surface area contributed by atoms with Crippen LogP contribution in [0.5, 0.6) is 0 Å². The monoisotopic (exact) mass is 192 g/mol. The second-order valence-corrected chi connectivity index (χ2v) is 3.94. The van der Waals surface area contributed by atoms with Gasteiger partial charge in [-0.25, -0.2) is 0 Å². The van der Waals surface area contributed by atoms with E-state index in [9.17, 15) is 4.57 Å². The maximum atomic E-state index is 10.5. The zero-order chi connectivity index (χ0) is 9.14. The zero-order valence-corrected chi connectivity index (χ0v) is 8.25. The average molecular weight is 192 g/mol. The highest BCUT2D eigenvalue weighted by molar-refractivity contribution is 7.35. The van der Waals surface area contributed by atoms with Gasteiger partial charge >= 0.3 is 8.18 Å². The van der Waals surface area contributed by atoms with Gasteiger partial charge in [0.05, 0.1) is 18.2 Å². The maximum absolute atomic E-state index is 10.5. The molecular formula is C7H15NO3P+. The summed E-state index contributed by atoms with van der Waals surface area (Å²) in [5, 5.41) is 2.61. The second kappa shape index (κ2) is 4.28. The van der Waals surface area contributed by atoms with Gasteiger partial charge in [0.25, 0.3) is 0 Å². The third-order valence-corrected chi connectivity index (χ3v) is 2.67. The number of rotatable bonds is 3. The summed E-state index contributed by atoms with van der Waals surface area (Å²) in [6.45, 7) is 4.00. The van der Waals surface area contributed by atoms with Crippen LogP contribution in [0.2, 0.25) is 0 Å². The molecule has 0 amide bonds. The van der Waals surface area contributed by atoms with E-state index < -0.39 is 8.18 Å². The Morgan fingerprint density at radius 1 is 1.75 bits per heavy atom. The Balaban J connectivity index is 2.46. The molecule has 1 fully saturated rings. The lowest BCUT2D eigenvalue weighted by Gasteiger charge is -2.11. The quantitative estimate of drug-likeness (QED) is 0.659. The third-order valence-electron chi connectivity index (χ3n) is 2.12. The van der Waals surface area contributed by atoms with Gasteiger partial charge in [-0.2, -0.15) is 0 Å². The van der Waals surface area contributed by atoms with Crippen LogP contribution in [0.1, 0.15) is 26.7 Å². The average Bonchev–Trinajstić information content (AvgIpc) is 2.29. The Kier molecular flexibility index (Phi) is 3.59. The van der Waals surface area contributed by atoms with Crippen molar-refractivity contribution in [3.8, 4) is 0 Å². The summed E-state index contributed by atoms with van der Waals surface area (Å²) in [6.07, 6.45) is 1.99. The molecule has 1 heterocycles.